The number of hydrogen-bond donors (Lipinski definition) is 0. The van der Waals surface area contributed by atoms with E-state index in [-0.39, 0.29) is 17.1 Å². The lowest BCUT2D eigenvalue weighted by Crippen LogP contribution is -2.11. The predicted octanol–water partition coefficient (Wildman–Crippen LogP) is 1.71. The van der Waals surface area contributed by atoms with Gasteiger partial charge in [-0.25, -0.2) is 9.97 Å². The Morgan fingerprint density at radius 1 is 1.47 bits per heavy atom. The van der Waals surface area contributed by atoms with Crippen molar-refractivity contribution in [3.63, 3.8) is 0 Å². The van der Waals surface area contributed by atoms with Crippen LogP contribution in [0.1, 0.15) is 30.8 Å². The standard InChI is InChI=1S/C11H14N2O2/c1-11(2)6-7(11)9(14)8-10(15-3)13-5-4-12-8/h4-5,7H,6H2,1-3H3. The molecule has 1 aliphatic carbocycles. The highest BCUT2D eigenvalue weighted by molar-refractivity contribution is 6.00. The summed E-state index contributed by atoms with van der Waals surface area (Å²) in [5.41, 5.74) is 0.468. The molecular formula is C11H14N2O2. The molecule has 1 fully saturated rings. The van der Waals surface area contributed by atoms with Gasteiger partial charge in [0.25, 0.3) is 0 Å². The van der Waals surface area contributed by atoms with Crippen molar-refractivity contribution >= 4 is 5.78 Å². The average Bonchev–Trinajstić information content (AvgIpc) is 2.86. The molecular weight excluding hydrogens is 192 g/mol. The van der Waals surface area contributed by atoms with Gasteiger partial charge in [-0.3, -0.25) is 4.79 Å². The van der Waals surface area contributed by atoms with E-state index < -0.39 is 0 Å². The smallest absolute Gasteiger partial charge is 0.243 e. The Morgan fingerprint density at radius 2 is 2.07 bits per heavy atom. The number of nitrogens with zero attached hydrogens (tertiary/aromatic N) is 2. The summed E-state index contributed by atoms with van der Waals surface area (Å²) in [6.45, 7) is 4.16. The summed E-state index contributed by atoms with van der Waals surface area (Å²) in [4.78, 5) is 20.0. The van der Waals surface area contributed by atoms with Crippen molar-refractivity contribution in [3.05, 3.63) is 18.1 Å². The van der Waals surface area contributed by atoms with Crippen molar-refractivity contribution in [2.45, 2.75) is 20.3 Å². The van der Waals surface area contributed by atoms with E-state index in [2.05, 4.69) is 23.8 Å². The number of Topliss-reactive ketones (excluding diaryl/α,β-unsaturated/α-hetero) is 1. The molecule has 0 radical (unpaired) electrons. The Labute approximate surface area is 88.7 Å². The third-order valence-corrected chi connectivity index (χ3v) is 2.92. The molecule has 15 heavy (non-hydrogen) atoms. The monoisotopic (exact) mass is 206 g/mol. The van der Waals surface area contributed by atoms with E-state index in [4.69, 9.17) is 4.74 Å². The van der Waals surface area contributed by atoms with E-state index in [9.17, 15) is 4.79 Å². The highest BCUT2D eigenvalue weighted by Crippen LogP contribution is 2.53. The van der Waals surface area contributed by atoms with E-state index in [1.165, 1.54) is 19.5 Å². The van der Waals surface area contributed by atoms with Crippen molar-refractivity contribution in [3.8, 4) is 5.88 Å². The van der Waals surface area contributed by atoms with E-state index in [0.29, 0.717) is 11.6 Å². The van der Waals surface area contributed by atoms with Gasteiger partial charge in [-0.15, -0.1) is 0 Å². The van der Waals surface area contributed by atoms with Crippen LogP contribution in [0.5, 0.6) is 5.88 Å². The molecule has 2 rings (SSSR count). The third-order valence-electron chi connectivity index (χ3n) is 2.92. The maximum Gasteiger partial charge on any atom is 0.243 e. The molecule has 1 atom stereocenters. The van der Waals surface area contributed by atoms with Crippen LogP contribution in [0, 0.1) is 11.3 Å². The van der Waals surface area contributed by atoms with Crippen LogP contribution in [-0.2, 0) is 0 Å². The summed E-state index contributed by atoms with van der Waals surface area (Å²) >= 11 is 0. The number of rotatable bonds is 3. The summed E-state index contributed by atoms with van der Waals surface area (Å²) in [5.74, 6) is 0.443. The lowest BCUT2D eigenvalue weighted by atomic mass is 10.1. The molecule has 1 aromatic rings. The summed E-state index contributed by atoms with van der Waals surface area (Å²) < 4.78 is 5.02. The van der Waals surface area contributed by atoms with Gasteiger partial charge in [0.05, 0.1) is 7.11 Å². The Morgan fingerprint density at radius 3 is 2.60 bits per heavy atom. The van der Waals surface area contributed by atoms with E-state index in [1.807, 2.05) is 0 Å². The highest BCUT2D eigenvalue weighted by Gasteiger charge is 2.51. The van der Waals surface area contributed by atoms with Gasteiger partial charge >= 0.3 is 0 Å². The van der Waals surface area contributed by atoms with Gasteiger partial charge in [-0.1, -0.05) is 13.8 Å². The summed E-state index contributed by atoms with van der Waals surface area (Å²) in [5, 5.41) is 0. The third kappa shape index (κ3) is 1.71. The molecule has 4 nitrogen and oxygen atoms in total. The number of ether oxygens (including phenoxy) is 1. The minimum atomic E-state index is 0.0463. The van der Waals surface area contributed by atoms with E-state index in [1.54, 1.807) is 0 Å². The van der Waals surface area contributed by atoms with Crippen LogP contribution >= 0.6 is 0 Å². The minimum absolute atomic E-state index is 0.0463. The van der Waals surface area contributed by atoms with Crippen LogP contribution in [0.15, 0.2) is 12.4 Å². The van der Waals surface area contributed by atoms with Gasteiger partial charge in [-0.05, 0) is 11.8 Å². The topological polar surface area (TPSA) is 52.1 Å². The second-order valence-corrected chi connectivity index (χ2v) is 4.52. The number of carbonyl (C=O) groups excluding carboxylic acids is 1. The molecule has 1 aromatic heterocycles. The zero-order chi connectivity index (χ0) is 11.1. The fraction of sp³-hybridized carbons (Fsp3) is 0.545. The van der Waals surface area contributed by atoms with E-state index >= 15 is 0 Å². The molecule has 80 valence electrons. The van der Waals surface area contributed by atoms with Gasteiger partial charge in [-0.2, -0.15) is 0 Å². The summed E-state index contributed by atoms with van der Waals surface area (Å²) in [6.07, 6.45) is 3.96. The van der Waals surface area contributed by atoms with Gasteiger partial charge < -0.3 is 4.74 Å². The molecule has 1 saturated carbocycles. The maximum absolute atomic E-state index is 12.0. The molecule has 0 spiro atoms. The lowest BCUT2D eigenvalue weighted by molar-refractivity contribution is 0.0944. The van der Waals surface area contributed by atoms with Crippen LogP contribution in [0.4, 0.5) is 0 Å². The Balaban J connectivity index is 2.27. The zero-order valence-corrected chi connectivity index (χ0v) is 9.15. The van der Waals surface area contributed by atoms with E-state index in [0.717, 1.165) is 6.42 Å². The second-order valence-electron chi connectivity index (χ2n) is 4.52. The number of carbonyl (C=O) groups is 1. The van der Waals surface area contributed by atoms with Crippen LogP contribution in [0.2, 0.25) is 0 Å². The first-order valence-electron chi connectivity index (χ1n) is 4.95. The molecule has 4 heteroatoms. The lowest BCUT2D eigenvalue weighted by Gasteiger charge is -2.05. The fourth-order valence-corrected chi connectivity index (χ4v) is 1.72. The first-order chi connectivity index (χ1) is 7.06. The molecule has 0 amide bonds. The molecule has 1 unspecified atom stereocenters. The Hall–Kier alpha value is -1.45. The Kier molecular flexibility index (Phi) is 2.21. The fourth-order valence-electron chi connectivity index (χ4n) is 1.72. The van der Waals surface area contributed by atoms with Crippen molar-refractivity contribution < 1.29 is 9.53 Å². The van der Waals surface area contributed by atoms with Crippen molar-refractivity contribution in [2.24, 2.45) is 11.3 Å². The average molecular weight is 206 g/mol. The van der Waals surface area contributed by atoms with Gasteiger partial charge in [0.2, 0.25) is 5.88 Å². The van der Waals surface area contributed by atoms with Gasteiger partial charge in [0.15, 0.2) is 11.5 Å². The molecule has 0 aliphatic heterocycles. The quantitative estimate of drug-likeness (QED) is 0.706. The number of aromatic nitrogens is 2. The van der Waals surface area contributed by atoms with Crippen molar-refractivity contribution in [1.29, 1.82) is 0 Å². The molecule has 1 heterocycles. The normalized spacial score (nSPS) is 22.2. The second kappa shape index (κ2) is 3.29. The number of methoxy groups -OCH3 is 1. The van der Waals surface area contributed by atoms with Crippen LogP contribution < -0.4 is 4.74 Å². The molecule has 1 aliphatic rings. The summed E-state index contributed by atoms with van der Waals surface area (Å²) in [7, 11) is 1.50. The first-order valence-corrected chi connectivity index (χ1v) is 4.95. The van der Waals surface area contributed by atoms with Crippen molar-refractivity contribution in [1.82, 2.24) is 9.97 Å². The molecule has 0 saturated heterocycles. The van der Waals surface area contributed by atoms with Crippen molar-refractivity contribution in [2.75, 3.05) is 7.11 Å². The predicted molar refractivity (Wildman–Crippen MR) is 54.8 cm³/mol. The first kappa shape index (κ1) is 10.1. The summed E-state index contributed by atoms with van der Waals surface area (Å²) in [6, 6.07) is 0. The highest BCUT2D eigenvalue weighted by atomic mass is 16.5. The number of ketones is 1. The molecule has 0 bridgehead atoms. The van der Waals surface area contributed by atoms with Crippen LogP contribution in [0.3, 0.4) is 0 Å². The SMILES string of the molecule is COc1nccnc1C(=O)C1CC1(C)C. The van der Waals surface area contributed by atoms with Crippen LogP contribution in [0.25, 0.3) is 0 Å². The van der Waals surface area contributed by atoms with Gasteiger partial charge in [0.1, 0.15) is 0 Å². The molecule has 0 N–H and O–H groups in total. The number of hydrogen-bond acceptors (Lipinski definition) is 4. The maximum atomic E-state index is 12.0. The largest absolute Gasteiger partial charge is 0.479 e. The zero-order valence-electron chi connectivity index (χ0n) is 9.15. The Bertz CT molecular complexity index is 401. The van der Waals surface area contributed by atoms with Gasteiger partial charge in [0, 0.05) is 18.3 Å². The minimum Gasteiger partial charge on any atom is -0.479 e. The molecule has 0 aromatic carbocycles. The van der Waals surface area contributed by atoms with Crippen LogP contribution in [-0.4, -0.2) is 22.9 Å².